The molecule has 2 aromatic rings. The zero-order valence-corrected chi connectivity index (χ0v) is 15.6. The lowest BCUT2D eigenvalue weighted by molar-refractivity contribution is 0.105. The minimum atomic E-state index is 0.289. The summed E-state index contributed by atoms with van der Waals surface area (Å²) in [4.78, 5) is 2.57. The van der Waals surface area contributed by atoms with Crippen LogP contribution in [0.3, 0.4) is 0 Å². The van der Waals surface area contributed by atoms with Crippen LogP contribution in [-0.4, -0.2) is 29.7 Å². The second-order valence-corrected chi connectivity index (χ2v) is 7.85. The third kappa shape index (κ3) is 4.71. The van der Waals surface area contributed by atoms with Crippen molar-refractivity contribution in [1.29, 1.82) is 0 Å². The number of rotatable bonds is 6. The molecule has 1 N–H and O–H groups in total. The van der Waals surface area contributed by atoms with Gasteiger partial charge in [0, 0.05) is 25.6 Å². The maximum absolute atomic E-state index is 9.82. The van der Waals surface area contributed by atoms with E-state index in [0.29, 0.717) is 17.8 Å². The Morgan fingerprint density at radius 1 is 1.00 bits per heavy atom. The van der Waals surface area contributed by atoms with Crippen LogP contribution in [0.4, 0.5) is 0 Å². The van der Waals surface area contributed by atoms with Gasteiger partial charge in [-0.05, 0) is 47.9 Å². The number of nitrogens with zero attached hydrogens (tertiary/aromatic N) is 1. The van der Waals surface area contributed by atoms with Crippen LogP contribution in [0.1, 0.15) is 42.9 Å². The molecule has 0 amide bonds. The first kappa shape index (κ1) is 18.2. The van der Waals surface area contributed by atoms with E-state index < -0.39 is 0 Å². The van der Waals surface area contributed by atoms with Crippen molar-refractivity contribution in [3.8, 4) is 0 Å². The lowest BCUT2D eigenvalue weighted by atomic mass is 9.81. The van der Waals surface area contributed by atoms with E-state index in [1.165, 1.54) is 16.7 Å². The molecule has 1 aliphatic heterocycles. The Morgan fingerprint density at radius 2 is 1.68 bits per heavy atom. The van der Waals surface area contributed by atoms with Gasteiger partial charge in [0.15, 0.2) is 0 Å². The first-order chi connectivity index (χ1) is 12.2. The van der Waals surface area contributed by atoms with Crippen LogP contribution in [0.25, 0.3) is 0 Å². The number of hydrogen-bond acceptors (Lipinski definition) is 2. The molecule has 25 heavy (non-hydrogen) atoms. The number of aliphatic hydroxyl groups excluding tert-OH is 1. The standard InChI is InChI=1S/C23H31NO/c1-18(2)14-20-10-6-7-11-21(20)15-24-13-12-22(17-25)23(16-24)19-8-4-3-5-9-19/h3-11,18,22-23,25H,12-17H2,1-2H3. The third-order valence-corrected chi connectivity index (χ3v) is 5.44. The molecule has 2 unspecified atom stereocenters. The van der Waals surface area contributed by atoms with Gasteiger partial charge in [-0.2, -0.15) is 0 Å². The monoisotopic (exact) mass is 337 g/mol. The molecule has 0 bridgehead atoms. The number of hydrogen-bond donors (Lipinski definition) is 1. The molecule has 134 valence electrons. The fourth-order valence-corrected chi connectivity index (χ4v) is 4.10. The Kier molecular flexibility index (Phi) is 6.28. The Morgan fingerprint density at radius 3 is 2.36 bits per heavy atom. The van der Waals surface area contributed by atoms with Crippen LogP contribution in [0.15, 0.2) is 54.6 Å². The number of benzene rings is 2. The number of aliphatic hydroxyl groups is 1. The van der Waals surface area contributed by atoms with Gasteiger partial charge in [-0.3, -0.25) is 4.90 Å². The summed E-state index contributed by atoms with van der Waals surface area (Å²) >= 11 is 0. The first-order valence-electron chi connectivity index (χ1n) is 9.62. The summed E-state index contributed by atoms with van der Waals surface area (Å²) in [5, 5.41) is 9.82. The second kappa shape index (κ2) is 8.64. The molecule has 3 rings (SSSR count). The third-order valence-electron chi connectivity index (χ3n) is 5.44. The van der Waals surface area contributed by atoms with Crippen molar-refractivity contribution in [2.75, 3.05) is 19.7 Å². The maximum Gasteiger partial charge on any atom is 0.0466 e. The van der Waals surface area contributed by atoms with Crippen LogP contribution in [0, 0.1) is 11.8 Å². The molecule has 1 fully saturated rings. The topological polar surface area (TPSA) is 23.5 Å². The van der Waals surface area contributed by atoms with Gasteiger partial charge in [0.2, 0.25) is 0 Å². The van der Waals surface area contributed by atoms with E-state index in [-0.39, 0.29) is 6.61 Å². The summed E-state index contributed by atoms with van der Waals surface area (Å²) in [5.41, 5.74) is 4.31. The Balaban J connectivity index is 1.74. The van der Waals surface area contributed by atoms with E-state index in [2.05, 4.69) is 73.3 Å². The van der Waals surface area contributed by atoms with E-state index in [0.717, 1.165) is 32.5 Å². The lowest BCUT2D eigenvalue weighted by Crippen LogP contribution is -2.40. The summed E-state index contributed by atoms with van der Waals surface area (Å²) in [6.45, 7) is 7.99. The van der Waals surface area contributed by atoms with Crippen molar-refractivity contribution < 1.29 is 5.11 Å². The Bertz CT molecular complexity index is 652. The highest BCUT2D eigenvalue weighted by Gasteiger charge is 2.30. The van der Waals surface area contributed by atoms with E-state index >= 15 is 0 Å². The van der Waals surface area contributed by atoms with Gasteiger partial charge in [-0.1, -0.05) is 68.4 Å². The highest BCUT2D eigenvalue weighted by molar-refractivity contribution is 5.28. The molecule has 2 aromatic carbocycles. The predicted molar refractivity (Wildman–Crippen MR) is 105 cm³/mol. The molecule has 1 aliphatic rings. The van der Waals surface area contributed by atoms with Crippen molar-refractivity contribution in [1.82, 2.24) is 4.90 Å². The fourth-order valence-electron chi connectivity index (χ4n) is 4.10. The molecule has 2 atom stereocenters. The molecule has 0 spiro atoms. The van der Waals surface area contributed by atoms with Gasteiger partial charge < -0.3 is 5.11 Å². The average molecular weight is 338 g/mol. The Labute approximate surface area is 152 Å². The molecule has 0 aromatic heterocycles. The van der Waals surface area contributed by atoms with Crippen LogP contribution in [0.2, 0.25) is 0 Å². The van der Waals surface area contributed by atoms with Crippen molar-refractivity contribution in [2.24, 2.45) is 11.8 Å². The van der Waals surface area contributed by atoms with Gasteiger partial charge in [0.25, 0.3) is 0 Å². The van der Waals surface area contributed by atoms with Crippen molar-refractivity contribution in [3.05, 3.63) is 71.3 Å². The van der Waals surface area contributed by atoms with Crippen LogP contribution in [-0.2, 0) is 13.0 Å². The lowest BCUT2D eigenvalue weighted by Gasteiger charge is -2.38. The smallest absolute Gasteiger partial charge is 0.0466 e. The molecule has 2 nitrogen and oxygen atoms in total. The molecule has 2 heteroatoms. The fraction of sp³-hybridized carbons (Fsp3) is 0.478. The summed E-state index contributed by atoms with van der Waals surface area (Å²) in [6, 6.07) is 19.6. The summed E-state index contributed by atoms with van der Waals surface area (Å²) in [5.74, 6) is 1.49. The van der Waals surface area contributed by atoms with E-state index in [1.807, 2.05) is 0 Å². The highest BCUT2D eigenvalue weighted by Crippen LogP contribution is 2.33. The average Bonchev–Trinajstić information content (AvgIpc) is 2.63. The van der Waals surface area contributed by atoms with Crippen molar-refractivity contribution in [2.45, 2.75) is 39.2 Å². The van der Waals surface area contributed by atoms with Gasteiger partial charge in [0.05, 0.1) is 0 Å². The minimum Gasteiger partial charge on any atom is -0.396 e. The van der Waals surface area contributed by atoms with E-state index in [1.54, 1.807) is 0 Å². The van der Waals surface area contributed by atoms with Crippen LogP contribution < -0.4 is 0 Å². The summed E-state index contributed by atoms with van der Waals surface area (Å²) in [7, 11) is 0. The maximum atomic E-state index is 9.82. The first-order valence-corrected chi connectivity index (χ1v) is 9.62. The summed E-state index contributed by atoms with van der Waals surface area (Å²) < 4.78 is 0. The predicted octanol–water partition coefficient (Wildman–Crippen LogP) is 4.48. The highest BCUT2D eigenvalue weighted by atomic mass is 16.3. The van der Waals surface area contributed by atoms with Gasteiger partial charge in [0.1, 0.15) is 0 Å². The largest absolute Gasteiger partial charge is 0.396 e. The van der Waals surface area contributed by atoms with Crippen LogP contribution >= 0.6 is 0 Å². The van der Waals surface area contributed by atoms with Crippen LogP contribution in [0.5, 0.6) is 0 Å². The molecular formula is C23H31NO. The van der Waals surface area contributed by atoms with Gasteiger partial charge in [-0.15, -0.1) is 0 Å². The molecule has 1 heterocycles. The zero-order valence-electron chi connectivity index (χ0n) is 15.6. The minimum absolute atomic E-state index is 0.289. The number of piperidine rings is 1. The van der Waals surface area contributed by atoms with Gasteiger partial charge >= 0.3 is 0 Å². The van der Waals surface area contributed by atoms with Crippen molar-refractivity contribution in [3.63, 3.8) is 0 Å². The molecule has 0 aliphatic carbocycles. The number of likely N-dealkylation sites (tertiary alicyclic amines) is 1. The Hall–Kier alpha value is -1.64. The SMILES string of the molecule is CC(C)Cc1ccccc1CN1CCC(CO)C(c2ccccc2)C1. The molecule has 1 saturated heterocycles. The molecule has 0 saturated carbocycles. The second-order valence-electron chi connectivity index (χ2n) is 7.85. The summed E-state index contributed by atoms with van der Waals surface area (Å²) in [6.07, 6.45) is 2.22. The molecular weight excluding hydrogens is 306 g/mol. The van der Waals surface area contributed by atoms with Crippen molar-refractivity contribution >= 4 is 0 Å². The van der Waals surface area contributed by atoms with E-state index in [9.17, 15) is 5.11 Å². The quantitative estimate of drug-likeness (QED) is 0.840. The zero-order chi connectivity index (χ0) is 17.6. The van der Waals surface area contributed by atoms with E-state index in [4.69, 9.17) is 0 Å². The molecule has 0 radical (unpaired) electrons. The van der Waals surface area contributed by atoms with Gasteiger partial charge in [-0.25, -0.2) is 0 Å². The normalized spacial score (nSPS) is 21.6.